The largest absolute Gasteiger partial charge is 0.475 e. The van der Waals surface area contributed by atoms with E-state index in [4.69, 9.17) is 9.47 Å². The van der Waals surface area contributed by atoms with Crippen LogP contribution in [0.5, 0.6) is 5.88 Å². The second-order valence-corrected chi connectivity index (χ2v) is 6.02. The van der Waals surface area contributed by atoms with E-state index in [0.29, 0.717) is 12.1 Å². The van der Waals surface area contributed by atoms with Crippen LogP contribution in [-0.2, 0) is 11.3 Å². The maximum absolute atomic E-state index is 5.80. The van der Waals surface area contributed by atoms with Crippen LogP contribution >= 0.6 is 0 Å². The minimum Gasteiger partial charge on any atom is -0.475 e. The zero-order valence-electron chi connectivity index (χ0n) is 13.5. The van der Waals surface area contributed by atoms with Crippen molar-refractivity contribution in [3.63, 3.8) is 0 Å². The van der Waals surface area contributed by atoms with Crippen molar-refractivity contribution in [1.29, 1.82) is 0 Å². The van der Waals surface area contributed by atoms with Crippen molar-refractivity contribution in [2.24, 2.45) is 0 Å². The van der Waals surface area contributed by atoms with Gasteiger partial charge in [-0.05, 0) is 39.2 Å². The van der Waals surface area contributed by atoms with E-state index in [1.54, 1.807) is 6.20 Å². The molecule has 2 rings (SSSR count). The molecule has 4 heteroatoms. The molecule has 0 radical (unpaired) electrons. The molecule has 2 heterocycles. The number of nitrogens with one attached hydrogen (secondary N) is 1. The fourth-order valence-electron chi connectivity index (χ4n) is 2.73. The van der Waals surface area contributed by atoms with E-state index >= 15 is 0 Å². The normalized spacial score (nSPS) is 22.5. The predicted octanol–water partition coefficient (Wildman–Crippen LogP) is 3.31. The maximum atomic E-state index is 5.80. The van der Waals surface area contributed by atoms with Gasteiger partial charge in [-0.2, -0.15) is 0 Å². The van der Waals surface area contributed by atoms with Crippen molar-refractivity contribution >= 4 is 0 Å². The molecule has 0 amide bonds. The number of hydrogen-bond acceptors (Lipinski definition) is 4. The van der Waals surface area contributed by atoms with Gasteiger partial charge in [-0.1, -0.05) is 19.4 Å². The summed E-state index contributed by atoms with van der Waals surface area (Å²) in [5, 5.41) is 3.64. The van der Waals surface area contributed by atoms with E-state index in [-0.39, 0.29) is 6.10 Å². The monoisotopic (exact) mass is 292 g/mol. The van der Waals surface area contributed by atoms with Crippen molar-refractivity contribution in [1.82, 2.24) is 10.3 Å². The van der Waals surface area contributed by atoms with Crippen molar-refractivity contribution in [3.05, 3.63) is 23.9 Å². The summed E-state index contributed by atoms with van der Waals surface area (Å²) < 4.78 is 11.6. The average molecular weight is 292 g/mol. The van der Waals surface area contributed by atoms with Crippen LogP contribution in [0.15, 0.2) is 18.3 Å². The maximum Gasteiger partial charge on any atom is 0.218 e. The Kier molecular flexibility index (Phi) is 6.46. The Morgan fingerprint density at radius 2 is 2.33 bits per heavy atom. The first kappa shape index (κ1) is 16.2. The van der Waals surface area contributed by atoms with Gasteiger partial charge in [0.1, 0.15) is 0 Å². The van der Waals surface area contributed by atoms with Crippen molar-refractivity contribution in [2.45, 2.75) is 71.2 Å². The lowest BCUT2D eigenvalue weighted by Crippen LogP contribution is -2.38. The third kappa shape index (κ3) is 5.29. The van der Waals surface area contributed by atoms with Crippen LogP contribution in [0.2, 0.25) is 0 Å². The van der Waals surface area contributed by atoms with E-state index < -0.39 is 0 Å². The summed E-state index contributed by atoms with van der Waals surface area (Å²) in [7, 11) is 0. The van der Waals surface area contributed by atoms with E-state index in [0.717, 1.165) is 43.9 Å². The SMILES string of the molecule is CCCC1CC(NCc2cccnc2OC(C)C)CCO1. The highest BCUT2D eigenvalue weighted by Crippen LogP contribution is 2.20. The van der Waals surface area contributed by atoms with Crippen LogP contribution in [0.1, 0.15) is 52.0 Å². The van der Waals surface area contributed by atoms with Gasteiger partial charge in [-0.15, -0.1) is 0 Å². The standard InChI is InChI=1S/C17H28N2O2/c1-4-6-16-11-15(8-10-20-16)19-12-14-7-5-9-18-17(14)21-13(2)3/h5,7,9,13,15-16,19H,4,6,8,10-12H2,1-3H3. The van der Waals surface area contributed by atoms with Gasteiger partial charge in [0.25, 0.3) is 0 Å². The van der Waals surface area contributed by atoms with Gasteiger partial charge < -0.3 is 14.8 Å². The molecule has 1 aromatic rings. The Balaban J connectivity index is 1.87. The molecular formula is C17H28N2O2. The summed E-state index contributed by atoms with van der Waals surface area (Å²) in [4.78, 5) is 4.34. The smallest absolute Gasteiger partial charge is 0.218 e. The average Bonchev–Trinajstić information content (AvgIpc) is 2.47. The highest BCUT2D eigenvalue weighted by Gasteiger charge is 2.21. The fourth-order valence-corrected chi connectivity index (χ4v) is 2.73. The van der Waals surface area contributed by atoms with Gasteiger partial charge in [-0.3, -0.25) is 0 Å². The van der Waals surface area contributed by atoms with Crippen LogP contribution in [0, 0.1) is 0 Å². The van der Waals surface area contributed by atoms with Gasteiger partial charge in [0, 0.05) is 31.0 Å². The first-order valence-electron chi connectivity index (χ1n) is 8.14. The molecule has 0 aliphatic carbocycles. The highest BCUT2D eigenvalue weighted by atomic mass is 16.5. The van der Waals surface area contributed by atoms with Crippen molar-refractivity contribution in [2.75, 3.05) is 6.61 Å². The molecule has 1 fully saturated rings. The van der Waals surface area contributed by atoms with Crippen LogP contribution in [0.4, 0.5) is 0 Å². The summed E-state index contributed by atoms with van der Waals surface area (Å²) >= 11 is 0. The topological polar surface area (TPSA) is 43.4 Å². The van der Waals surface area contributed by atoms with E-state index in [2.05, 4.69) is 23.3 Å². The number of pyridine rings is 1. The molecule has 0 bridgehead atoms. The molecule has 1 aliphatic rings. The van der Waals surface area contributed by atoms with Crippen molar-refractivity contribution in [3.8, 4) is 5.88 Å². The molecule has 1 saturated heterocycles. The van der Waals surface area contributed by atoms with Gasteiger partial charge in [-0.25, -0.2) is 4.98 Å². The first-order chi connectivity index (χ1) is 10.2. The Hall–Kier alpha value is -1.13. The molecule has 21 heavy (non-hydrogen) atoms. The predicted molar refractivity (Wildman–Crippen MR) is 84.5 cm³/mol. The first-order valence-corrected chi connectivity index (χ1v) is 8.14. The van der Waals surface area contributed by atoms with Crippen LogP contribution < -0.4 is 10.1 Å². The molecule has 0 saturated carbocycles. The van der Waals surface area contributed by atoms with Gasteiger partial charge in [0.05, 0.1) is 12.2 Å². The van der Waals surface area contributed by atoms with Gasteiger partial charge in [0.2, 0.25) is 5.88 Å². The second-order valence-electron chi connectivity index (χ2n) is 6.02. The number of ether oxygens (including phenoxy) is 2. The summed E-state index contributed by atoms with van der Waals surface area (Å²) in [6.07, 6.45) is 6.89. The zero-order chi connectivity index (χ0) is 15.1. The van der Waals surface area contributed by atoms with E-state index in [1.807, 2.05) is 19.9 Å². The Morgan fingerprint density at radius 3 is 3.10 bits per heavy atom. The fraction of sp³-hybridized carbons (Fsp3) is 0.706. The molecule has 2 atom stereocenters. The highest BCUT2D eigenvalue weighted by molar-refractivity contribution is 5.25. The molecule has 4 nitrogen and oxygen atoms in total. The summed E-state index contributed by atoms with van der Waals surface area (Å²) in [5.74, 6) is 0.747. The molecule has 1 aliphatic heterocycles. The lowest BCUT2D eigenvalue weighted by atomic mass is 10.00. The molecule has 0 aromatic carbocycles. The lowest BCUT2D eigenvalue weighted by molar-refractivity contribution is -0.00346. The summed E-state index contributed by atoms with van der Waals surface area (Å²) in [5.41, 5.74) is 1.13. The third-order valence-electron chi connectivity index (χ3n) is 3.76. The van der Waals surface area contributed by atoms with Crippen molar-refractivity contribution < 1.29 is 9.47 Å². The Bertz CT molecular complexity index is 421. The molecule has 118 valence electrons. The van der Waals surface area contributed by atoms with Crippen LogP contribution in [0.3, 0.4) is 0 Å². The number of aromatic nitrogens is 1. The number of nitrogens with zero attached hydrogens (tertiary/aromatic N) is 1. The van der Waals surface area contributed by atoms with Crippen LogP contribution in [-0.4, -0.2) is 29.8 Å². The van der Waals surface area contributed by atoms with Gasteiger partial charge in [0.15, 0.2) is 0 Å². The van der Waals surface area contributed by atoms with Crippen LogP contribution in [0.25, 0.3) is 0 Å². The number of hydrogen-bond donors (Lipinski definition) is 1. The summed E-state index contributed by atoms with van der Waals surface area (Å²) in [6, 6.07) is 4.58. The number of rotatable bonds is 7. The molecule has 1 aromatic heterocycles. The Labute approximate surface area is 128 Å². The minimum absolute atomic E-state index is 0.149. The molecule has 2 unspecified atom stereocenters. The third-order valence-corrected chi connectivity index (χ3v) is 3.76. The second kappa shape index (κ2) is 8.35. The molecular weight excluding hydrogens is 264 g/mol. The lowest BCUT2D eigenvalue weighted by Gasteiger charge is -2.30. The van der Waals surface area contributed by atoms with Gasteiger partial charge >= 0.3 is 0 Å². The quantitative estimate of drug-likeness (QED) is 0.837. The zero-order valence-corrected chi connectivity index (χ0v) is 13.5. The van der Waals surface area contributed by atoms with E-state index in [9.17, 15) is 0 Å². The molecule has 0 spiro atoms. The van der Waals surface area contributed by atoms with E-state index in [1.165, 1.54) is 6.42 Å². The summed E-state index contributed by atoms with van der Waals surface area (Å²) in [6.45, 7) is 7.94. The molecule has 1 N–H and O–H groups in total. The Morgan fingerprint density at radius 1 is 1.48 bits per heavy atom. The minimum atomic E-state index is 0.149.